The van der Waals surface area contributed by atoms with E-state index in [2.05, 4.69) is 11.4 Å². The maximum Gasteiger partial charge on any atom is 0.327 e. The van der Waals surface area contributed by atoms with Gasteiger partial charge in [-0.3, -0.25) is 4.90 Å². The lowest BCUT2D eigenvalue weighted by molar-refractivity contribution is -0.141. The molecule has 6 heteroatoms. The van der Waals surface area contributed by atoms with Crippen molar-refractivity contribution < 1.29 is 14.7 Å². The van der Waals surface area contributed by atoms with Crippen LogP contribution in [-0.2, 0) is 4.79 Å². The topological polar surface area (TPSA) is 69.6 Å². The number of rotatable bonds is 5. The third-order valence-electron chi connectivity index (χ3n) is 4.07. The molecular weight excluding hydrogens is 288 g/mol. The SMILES string of the molecule is CCC1SCC(C(=O)O)N1C(=O)NCCC1=CCCCC1. The van der Waals surface area contributed by atoms with Crippen molar-refractivity contribution in [2.45, 2.75) is 56.9 Å². The molecule has 0 aromatic rings. The molecule has 0 aromatic heterocycles. The Bertz CT molecular complexity index is 425. The number of nitrogens with one attached hydrogen (secondary N) is 1. The summed E-state index contributed by atoms with van der Waals surface area (Å²) in [4.78, 5) is 25.0. The van der Waals surface area contributed by atoms with Gasteiger partial charge < -0.3 is 10.4 Å². The Balaban J connectivity index is 1.85. The minimum absolute atomic E-state index is 0.0278. The molecule has 2 N–H and O–H groups in total. The first-order valence-electron chi connectivity index (χ1n) is 7.72. The van der Waals surface area contributed by atoms with E-state index >= 15 is 0 Å². The van der Waals surface area contributed by atoms with Crippen LogP contribution in [0.5, 0.6) is 0 Å². The van der Waals surface area contributed by atoms with Gasteiger partial charge in [-0.1, -0.05) is 18.6 Å². The Morgan fingerprint density at radius 2 is 2.29 bits per heavy atom. The summed E-state index contributed by atoms with van der Waals surface area (Å²) in [5, 5.41) is 12.1. The molecule has 0 aromatic carbocycles. The Labute approximate surface area is 130 Å². The average Bonchev–Trinajstić information content (AvgIpc) is 2.92. The second-order valence-corrected chi connectivity index (χ2v) is 6.76. The van der Waals surface area contributed by atoms with Gasteiger partial charge in [0.1, 0.15) is 6.04 Å². The normalized spacial score (nSPS) is 25.6. The zero-order valence-electron chi connectivity index (χ0n) is 12.5. The second-order valence-electron chi connectivity index (χ2n) is 5.55. The molecular formula is C15H24N2O3S. The van der Waals surface area contributed by atoms with Crippen molar-refractivity contribution in [3.63, 3.8) is 0 Å². The molecule has 2 atom stereocenters. The van der Waals surface area contributed by atoms with E-state index < -0.39 is 12.0 Å². The monoisotopic (exact) mass is 312 g/mol. The Hall–Kier alpha value is -1.17. The number of hydrogen-bond acceptors (Lipinski definition) is 3. The highest BCUT2D eigenvalue weighted by atomic mass is 32.2. The molecule has 2 rings (SSSR count). The first-order valence-corrected chi connectivity index (χ1v) is 8.76. The summed E-state index contributed by atoms with van der Waals surface area (Å²) in [6.45, 7) is 2.57. The standard InChI is InChI=1S/C15H24N2O3S/c1-2-13-17(12(10-21-13)14(18)19)15(20)16-9-8-11-6-4-3-5-7-11/h6,12-13H,2-5,7-10H2,1H3,(H,16,20)(H,18,19). The van der Waals surface area contributed by atoms with Gasteiger partial charge in [-0.15, -0.1) is 11.8 Å². The molecule has 1 aliphatic heterocycles. The van der Waals surface area contributed by atoms with Gasteiger partial charge in [-0.25, -0.2) is 9.59 Å². The van der Waals surface area contributed by atoms with Crippen LogP contribution in [0.1, 0.15) is 45.4 Å². The van der Waals surface area contributed by atoms with E-state index in [0.29, 0.717) is 12.3 Å². The van der Waals surface area contributed by atoms with E-state index in [1.54, 1.807) is 11.8 Å². The van der Waals surface area contributed by atoms with Crippen LogP contribution in [0.2, 0.25) is 0 Å². The number of nitrogens with zero attached hydrogens (tertiary/aromatic N) is 1. The molecule has 2 unspecified atom stereocenters. The smallest absolute Gasteiger partial charge is 0.327 e. The van der Waals surface area contributed by atoms with Crippen LogP contribution < -0.4 is 5.32 Å². The summed E-state index contributed by atoms with van der Waals surface area (Å²) >= 11 is 1.55. The van der Waals surface area contributed by atoms with Crippen LogP contribution in [0.15, 0.2) is 11.6 Å². The summed E-state index contributed by atoms with van der Waals surface area (Å²) in [5.41, 5.74) is 1.42. The Morgan fingerprint density at radius 3 is 2.90 bits per heavy atom. The Kier molecular flexibility index (Phi) is 5.96. The van der Waals surface area contributed by atoms with Gasteiger partial charge in [0, 0.05) is 12.3 Å². The molecule has 0 bridgehead atoms. The summed E-state index contributed by atoms with van der Waals surface area (Å²) < 4.78 is 0. The number of carboxylic acid groups (broad SMARTS) is 1. The minimum atomic E-state index is -0.913. The predicted octanol–water partition coefficient (Wildman–Crippen LogP) is 2.82. The lowest BCUT2D eigenvalue weighted by atomic mass is 9.97. The van der Waals surface area contributed by atoms with Crippen LogP contribution in [-0.4, -0.2) is 45.7 Å². The van der Waals surface area contributed by atoms with Crippen LogP contribution in [0, 0.1) is 0 Å². The first kappa shape index (κ1) is 16.2. The van der Waals surface area contributed by atoms with Gasteiger partial charge in [0.2, 0.25) is 0 Å². The highest BCUT2D eigenvalue weighted by molar-refractivity contribution is 8.00. The van der Waals surface area contributed by atoms with Crippen molar-refractivity contribution in [1.82, 2.24) is 10.2 Å². The molecule has 0 spiro atoms. The number of allylic oxidation sites excluding steroid dienone is 1. The zero-order valence-corrected chi connectivity index (χ0v) is 13.3. The highest BCUT2D eigenvalue weighted by Crippen LogP contribution is 2.31. The van der Waals surface area contributed by atoms with Crippen LogP contribution in [0.25, 0.3) is 0 Å². The van der Waals surface area contributed by atoms with Crippen molar-refractivity contribution in [1.29, 1.82) is 0 Å². The number of amides is 2. The lowest BCUT2D eigenvalue weighted by Crippen LogP contribution is -2.50. The number of carboxylic acids is 1. The number of carbonyl (C=O) groups excluding carboxylic acids is 1. The van der Waals surface area contributed by atoms with E-state index in [9.17, 15) is 14.7 Å². The molecule has 21 heavy (non-hydrogen) atoms. The molecule has 5 nitrogen and oxygen atoms in total. The molecule has 0 saturated carbocycles. The predicted molar refractivity (Wildman–Crippen MR) is 84.4 cm³/mol. The van der Waals surface area contributed by atoms with E-state index in [0.717, 1.165) is 25.7 Å². The average molecular weight is 312 g/mol. The van der Waals surface area contributed by atoms with E-state index in [1.165, 1.54) is 23.3 Å². The molecule has 1 fully saturated rings. The van der Waals surface area contributed by atoms with Gasteiger partial charge in [0.25, 0.3) is 0 Å². The number of hydrogen-bond donors (Lipinski definition) is 2. The molecule has 118 valence electrons. The Morgan fingerprint density at radius 1 is 1.48 bits per heavy atom. The number of carbonyl (C=O) groups is 2. The third kappa shape index (κ3) is 4.15. The van der Waals surface area contributed by atoms with Gasteiger partial charge in [-0.2, -0.15) is 0 Å². The fourth-order valence-corrected chi connectivity index (χ4v) is 4.24. The fourth-order valence-electron chi connectivity index (χ4n) is 2.89. The number of aliphatic carboxylic acids is 1. The summed E-state index contributed by atoms with van der Waals surface area (Å²) in [7, 11) is 0. The quantitative estimate of drug-likeness (QED) is 0.766. The van der Waals surface area contributed by atoms with Crippen molar-refractivity contribution in [3.05, 3.63) is 11.6 Å². The molecule has 2 aliphatic rings. The number of thioether (sulfide) groups is 1. The van der Waals surface area contributed by atoms with Crippen molar-refractivity contribution in [3.8, 4) is 0 Å². The molecule has 1 saturated heterocycles. The molecule has 1 aliphatic carbocycles. The van der Waals surface area contributed by atoms with Crippen LogP contribution in [0.3, 0.4) is 0 Å². The van der Waals surface area contributed by atoms with Gasteiger partial charge >= 0.3 is 12.0 Å². The van der Waals surface area contributed by atoms with E-state index in [1.807, 2.05) is 6.92 Å². The maximum absolute atomic E-state index is 12.3. The van der Waals surface area contributed by atoms with Crippen molar-refractivity contribution in [2.75, 3.05) is 12.3 Å². The number of urea groups is 1. The third-order valence-corrected chi connectivity index (χ3v) is 5.52. The maximum atomic E-state index is 12.3. The summed E-state index contributed by atoms with van der Waals surface area (Å²) in [6, 6.07) is -0.940. The largest absolute Gasteiger partial charge is 0.480 e. The van der Waals surface area contributed by atoms with Crippen LogP contribution in [0.4, 0.5) is 4.79 Å². The van der Waals surface area contributed by atoms with Gasteiger partial charge in [-0.05, 0) is 38.5 Å². The van der Waals surface area contributed by atoms with Gasteiger partial charge in [0.15, 0.2) is 0 Å². The fraction of sp³-hybridized carbons (Fsp3) is 0.733. The first-order chi connectivity index (χ1) is 10.1. The summed E-state index contributed by atoms with van der Waals surface area (Å²) in [5.74, 6) is -0.435. The molecule has 2 amide bonds. The van der Waals surface area contributed by atoms with E-state index in [-0.39, 0.29) is 11.4 Å². The molecule has 1 heterocycles. The van der Waals surface area contributed by atoms with Gasteiger partial charge in [0.05, 0.1) is 5.37 Å². The van der Waals surface area contributed by atoms with Crippen molar-refractivity contribution in [2.24, 2.45) is 0 Å². The zero-order chi connectivity index (χ0) is 15.2. The van der Waals surface area contributed by atoms with Crippen LogP contribution >= 0.6 is 11.8 Å². The minimum Gasteiger partial charge on any atom is -0.480 e. The van der Waals surface area contributed by atoms with Crippen molar-refractivity contribution >= 4 is 23.8 Å². The molecule has 0 radical (unpaired) electrons. The second kappa shape index (κ2) is 7.73. The lowest BCUT2D eigenvalue weighted by Gasteiger charge is -2.27. The summed E-state index contributed by atoms with van der Waals surface area (Å²) in [6.07, 6.45) is 8.70. The highest BCUT2D eigenvalue weighted by Gasteiger charge is 2.40. The van der Waals surface area contributed by atoms with E-state index in [4.69, 9.17) is 0 Å².